The van der Waals surface area contributed by atoms with Crippen molar-refractivity contribution in [3.63, 3.8) is 0 Å². The van der Waals surface area contributed by atoms with Gasteiger partial charge in [0, 0.05) is 37.3 Å². The van der Waals surface area contributed by atoms with Gasteiger partial charge in [-0.1, -0.05) is 0 Å². The predicted octanol–water partition coefficient (Wildman–Crippen LogP) is -0.597. The van der Waals surface area contributed by atoms with Crippen LogP contribution in [0.4, 0.5) is 0 Å². The van der Waals surface area contributed by atoms with Gasteiger partial charge in [-0.05, 0) is 0 Å². The molecule has 3 N–H and O–H groups in total. The molecule has 104 valence electrons. The van der Waals surface area contributed by atoms with Gasteiger partial charge in [-0.3, -0.25) is 4.79 Å². The molecule has 8 heteroatoms. The minimum atomic E-state index is -1.05. The van der Waals surface area contributed by atoms with Crippen LogP contribution in [0.25, 0.3) is 0 Å². The third-order valence-electron chi connectivity index (χ3n) is 2.76. The minimum Gasteiger partial charge on any atom is -0.476 e. The van der Waals surface area contributed by atoms with Gasteiger partial charge < -0.3 is 20.3 Å². The number of carbonyl (C=O) groups is 2. The molecule has 1 unspecified atom stereocenters. The molecular formula is C11H16N4O3S. The van der Waals surface area contributed by atoms with Gasteiger partial charge in [-0.2, -0.15) is 11.8 Å². The Hall–Kier alpha value is -1.54. The number of aromatic nitrogens is 2. The molecule has 1 aliphatic heterocycles. The Morgan fingerprint density at radius 3 is 3.11 bits per heavy atom. The second-order valence-corrected chi connectivity index (χ2v) is 5.32. The number of thioether (sulfide) groups is 1. The first kappa shape index (κ1) is 13.9. The molecule has 0 saturated carbocycles. The second kappa shape index (κ2) is 6.58. The van der Waals surface area contributed by atoms with Crippen LogP contribution in [0, 0.1) is 0 Å². The average Bonchev–Trinajstić information content (AvgIpc) is 2.89. The van der Waals surface area contributed by atoms with Crippen LogP contribution in [0.2, 0.25) is 0 Å². The molecular weight excluding hydrogens is 268 g/mol. The van der Waals surface area contributed by atoms with Gasteiger partial charge >= 0.3 is 5.97 Å². The Kier molecular flexibility index (Phi) is 4.80. The Bertz CT molecular complexity index is 457. The van der Waals surface area contributed by atoms with Crippen molar-refractivity contribution in [2.45, 2.75) is 12.6 Å². The molecule has 0 aromatic carbocycles. The number of carboxylic acid groups (broad SMARTS) is 1. The van der Waals surface area contributed by atoms with E-state index in [1.807, 2.05) is 0 Å². The van der Waals surface area contributed by atoms with E-state index >= 15 is 0 Å². The third-order valence-corrected chi connectivity index (χ3v) is 3.82. The number of hydrogen-bond acceptors (Lipinski definition) is 5. The van der Waals surface area contributed by atoms with Crippen LogP contribution in [0.5, 0.6) is 0 Å². The number of carboxylic acids is 1. The second-order valence-electron chi connectivity index (χ2n) is 4.17. The lowest BCUT2D eigenvalue weighted by molar-refractivity contribution is -0.122. The lowest BCUT2D eigenvalue weighted by Crippen LogP contribution is -2.49. The van der Waals surface area contributed by atoms with Gasteiger partial charge in [0.1, 0.15) is 0 Å². The lowest BCUT2D eigenvalue weighted by Gasteiger charge is -2.22. The first-order valence-corrected chi connectivity index (χ1v) is 7.16. The summed E-state index contributed by atoms with van der Waals surface area (Å²) in [6.45, 7) is 1.81. The highest BCUT2D eigenvalue weighted by Gasteiger charge is 2.20. The molecule has 0 spiro atoms. The van der Waals surface area contributed by atoms with Crippen LogP contribution in [0.15, 0.2) is 12.5 Å². The maximum atomic E-state index is 11.8. The number of imidazole rings is 1. The van der Waals surface area contributed by atoms with Crippen LogP contribution in [-0.4, -0.2) is 57.2 Å². The molecule has 2 heterocycles. The highest BCUT2D eigenvalue weighted by molar-refractivity contribution is 7.99. The molecule has 1 aromatic rings. The highest BCUT2D eigenvalue weighted by atomic mass is 32.2. The summed E-state index contributed by atoms with van der Waals surface area (Å²) in [6, 6.07) is -0.129. The largest absolute Gasteiger partial charge is 0.476 e. The molecule has 19 heavy (non-hydrogen) atoms. The van der Waals surface area contributed by atoms with Gasteiger partial charge in [0.25, 0.3) is 0 Å². The smallest absolute Gasteiger partial charge is 0.356 e. The Morgan fingerprint density at radius 1 is 1.63 bits per heavy atom. The van der Waals surface area contributed by atoms with Crippen molar-refractivity contribution in [3.05, 3.63) is 18.2 Å². The molecule has 7 nitrogen and oxygen atoms in total. The third kappa shape index (κ3) is 3.97. The summed E-state index contributed by atoms with van der Waals surface area (Å²) in [4.78, 5) is 26.2. The summed E-state index contributed by atoms with van der Waals surface area (Å²) in [5.41, 5.74) is 0.0108. The van der Waals surface area contributed by atoms with Gasteiger partial charge in [0.2, 0.25) is 5.91 Å². The summed E-state index contributed by atoms with van der Waals surface area (Å²) in [6.07, 6.45) is 2.90. The zero-order valence-corrected chi connectivity index (χ0v) is 11.2. The Balaban J connectivity index is 1.73. The average molecular weight is 284 g/mol. The van der Waals surface area contributed by atoms with E-state index in [2.05, 4.69) is 15.6 Å². The molecule has 2 rings (SSSR count). The predicted molar refractivity (Wildman–Crippen MR) is 71.3 cm³/mol. The van der Waals surface area contributed by atoms with E-state index < -0.39 is 5.97 Å². The van der Waals surface area contributed by atoms with Crippen molar-refractivity contribution in [1.82, 2.24) is 20.2 Å². The number of nitrogens with one attached hydrogen (secondary N) is 2. The molecule has 1 fully saturated rings. The Morgan fingerprint density at radius 2 is 2.47 bits per heavy atom. The fourth-order valence-electron chi connectivity index (χ4n) is 1.76. The lowest BCUT2D eigenvalue weighted by atomic mass is 10.3. The van der Waals surface area contributed by atoms with Gasteiger partial charge in [0.05, 0.1) is 12.4 Å². The molecule has 1 amide bonds. The van der Waals surface area contributed by atoms with Gasteiger partial charge in [-0.15, -0.1) is 0 Å². The van der Waals surface area contributed by atoms with Crippen molar-refractivity contribution in [3.8, 4) is 0 Å². The monoisotopic (exact) mass is 284 g/mol. The normalized spacial score (nSPS) is 19.1. The zero-order chi connectivity index (χ0) is 13.7. The molecule has 0 bridgehead atoms. The fraction of sp³-hybridized carbons (Fsp3) is 0.545. The van der Waals surface area contributed by atoms with Crippen molar-refractivity contribution in [2.24, 2.45) is 0 Å². The number of amides is 1. The first-order valence-electron chi connectivity index (χ1n) is 6.01. The van der Waals surface area contributed by atoms with Crippen LogP contribution in [-0.2, 0) is 11.3 Å². The van der Waals surface area contributed by atoms with E-state index in [9.17, 15) is 9.59 Å². The quantitative estimate of drug-likeness (QED) is 0.668. The van der Waals surface area contributed by atoms with E-state index in [1.165, 1.54) is 12.5 Å². The standard InChI is InChI=1S/C11H16N4O3S/c16-10(9-6-19-4-2-12-9)13-1-3-15-5-8(11(17)18)14-7-15/h5,7,9,12H,1-4,6H2,(H,13,16)(H,17,18). The van der Waals surface area contributed by atoms with Crippen LogP contribution >= 0.6 is 11.8 Å². The Labute approximate surface area is 114 Å². The van der Waals surface area contributed by atoms with Crippen molar-refractivity contribution < 1.29 is 14.7 Å². The van der Waals surface area contributed by atoms with Crippen molar-refractivity contribution in [1.29, 1.82) is 0 Å². The van der Waals surface area contributed by atoms with E-state index in [0.29, 0.717) is 13.1 Å². The van der Waals surface area contributed by atoms with Gasteiger partial charge in [0.15, 0.2) is 5.69 Å². The van der Waals surface area contributed by atoms with E-state index in [1.54, 1.807) is 16.3 Å². The van der Waals surface area contributed by atoms with Crippen molar-refractivity contribution >= 4 is 23.6 Å². The fourth-order valence-corrected chi connectivity index (χ4v) is 2.69. The number of rotatable bonds is 5. The summed E-state index contributed by atoms with van der Waals surface area (Å²) >= 11 is 1.76. The summed E-state index contributed by atoms with van der Waals surface area (Å²) < 4.78 is 1.65. The SMILES string of the molecule is O=C(O)c1cn(CCNC(=O)C2CSCCN2)cn1. The number of carbonyl (C=O) groups excluding carboxylic acids is 1. The first-order chi connectivity index (χ1) is 9.16. The molecule has 1 atom stereocenters. The number of hydrogen-bond donors (Lipinski definition) is 3. The van der Waals surface area contributed by atoms with Crippen molar-refractivity contribution in [2.75, 3.05) is 24.6 Å². The molecule has 1 aromatic heterocycles. The molecule has 1 aliphatic rings. The summed E-state index contributed by atoms with van der Waals surface area (Å²) in [5, 5.41) is 14.7. The van der Waals surface area contributed by atoms with E-state index in [4.69, 9.17) is 5.11 Å². The van der Waals surface area contributed by atoms with E-state index in [0.717, 1.165) is 18.1 Å². The maximum Gasteiger partial charge on any atom is 0.356 e. The molecule has 0 aliphatic carbocycles. The molecule has 0 radical (unpaired) electrons. The van der Waals surface area contributed by atoms with Crippen LogP contribution in [0.3, 0.4) is 0 Å². The van der Waals surface area contributed by atoms with Crippen LogP contribution in [0.1, 0.15) is 10.5 Å². The summed E-state index contributed by atoms with van der Waals surface area (Å²) in [5.74, 6) is 0.772. The highest BCUT2D eigenvalue weighted by Crippen LogP contribution is 2.07. The molecule has 1 saturated heterocycles. The van der Waals surface area contributed by atoms with Crippen LogP contribution < -0.4 is 10.6 Å². The number of nitrogens with zero attached hydrogens (tertiary/aromatic N) is 2. The minimum absolute atomic E-state index is 0.00854. The maximum absolute atomic E-state index is 11.8. The summed E-state index contributed by atoms with van der Waals surface area (Å²) in [7, 11) is 0. The zero-order valence-electron chi connectivity index (χ0n) is 10.3. The topological polar surface area (TPSA) is 96.2 Å². The van der Waals surface area contributed by atoms with E-state index in [-0.39, 0.29) is 17.6 Å². The number of aromatic carboxylic acids is 1. The van der Waals surface area contributed by atoms with Gasteiger partial charge in [-0.25, -0.2) is 9.78 Å².